The Balaban J connectivity index is 1.33. The maximum atomic E-state index is 14.6. The first kappa shape index (κ1) is 19.4. The lowest BCUT2D eigenvalue weighted by atomic mass is 9.73. The highest BCUT2D eigenvalue weighted by molar-refractivity contribution is 5.75. The highest BCUT2D eigenvalue weighted by atomic mass is 19.1. The molecule has 4 aromatic rings. The van der Waals surface area contributed by atoms with E-state index >= 15 is 0 Å². The van der Waals surface area contributed by atoms with E-state index in [0.717, 1.165) is 60.8 Å². The predicted octanol–water partition coefficient (Wildman–Crippen LogP) is 3.98. The topological polar surface area (TPSA) is 85.5 Å². The summed E-state index contributed by atoms with van der Waals surface area (Å²) in [6.45, 7) is 5.46. The Labute approximate surface area is 185 Å². The molecule has 32 heavy (non-hydrogen) atoms. The third-order valence-corrected chi connectivity index (χ3v) is 7.18. The average molecular weight is 433 g/mol. The smallest absolute Gasteiger partial charge is 0.191 e. The first-order valence-corrected chi connectivity index (χ1v) is 11.0. The molecule has 4 heterocycles. The molecule has 1 spiro atoms. The van der Waals surface area contributed by atoms with Gasteiger partial charge in [0.1, 0.15) is 17.1 Å². The fourth-order valence-electron chi connectivity index (χ4n) is 5.50. The molecule has 164 valence electrons. The van der Waals surface area contributed by atoms with Crippen molar-refractivity contribution in [1.29, 1.82) is 0 Å². The molecule has 3 aromatic heterocycles. The fourth-order valence-corrected chi connectivity index (χ4v) is 5.50. The van der Waals surface area contributed by atoms with Crippen LogP contribution in [0.15, 0.2) is 40.9 Å². The van der Waals surface area contributed by atoms with Crippen LogP contribution in [0.2, 0.25) is 0 Å². The summed E-state index contributed by atoms with van der Waals surface area (Å²) in [7, 11) is 0. The van der Waals surface area contributed by atoms with Gasteiger partial charge in [-0.1, -0.05) is 12.1 Å². The monoisotopic (exact) mass is 432 g/mol. The highest BCUT2D eigenvalue weighted by Crippen LogP contribution is 2.51. The number of nitrogens with zero attached hydrogens (tertiary/aromatic N) is 5. The normalized spacial score (nSPS) is 19.8. The van der Waals surface area contributed by atoms with E-state index in [1.807, 2.05) is 30.5 Å². The van der Waals surface area contributed by atoms with Gasteiger partial charge in [-0.05, 0) is 38.0 Å². The lowest BCUT2D eigenvalue weighted by molar-refractivity contribution is 0.172. The molecule has 0 radical (unpaired) electrons. The standard InChI is InChI=1S/C24H25FN6O/c1-14-20(16-5-3-4-6-17(16)25)31-19(7-10-27-31)23(28-14)30-11-8-24(9-12-30)13-18-21(22(24)26)32-15(2)29-18/h3-7,10,22H,8-9,11-13,26H2,1-2H3/t22-/m1/s1. The number of anilines is 1. The molecule has 1 aliphatic carbocycles. The van der Waals surface area contributed by atoms with Crippen LogP contribution in [0.25, 0.3) is 16.8 Å². The molecule has 1 saturated heterocycles. The van der Waals surface area contributed by atoms with Crippen molar-refractivity contribution in [2.45, 2.75) is 39.2 Å². The molecule has 7 nitrogen and oxygen atoms in total. The van der Waals surface area contributed by atoms with Gasteiger partial charge >= 0.3 is 0 Å². The number of oxazole rings is 1. The molecule has 0 unspecified atom stereocenters. The Morgan fingerprint density at radius 1 is 1.12 bits per heavy atom. The van der Waals surface area contributed by atoms with Crippen LogP contribution in [0.1, 0.15) is 41.9 Å². The lowest BCUT2D eigenvalue weighted by Crippen LogP contribution is -2.45. The summed E-state index contributed by atoms with van der Waals surface area (Å²) in [4.78, 5) is 11.8. The van der Waals surface area contributed by atoms with E-state index in [4.69, 9.17) is 15.1 Å². The van der Waals surface area contributed by atoms with Gasteiger partial charge in [0.2, 0.25) is 0 Å². The van der Waals surface area contributed by atoms with Crippen LogP contribution in [-0.2, 0) is 6.42 Å². The molecule has 1 atom stereocenters. The molecule has 1 fully saturated rings. The summed E-state index contributed by atoms with van der Waals surface area (Å²) < 4.78 is 22.2. The molecular formula is C24H25FN6O. The lowest BCUT2D eigenvalue weighted by Gasteiger charge is -2.42. The van der Waals surface area contributed by atoms with E-state index in [9.17, 15) is 4.39 Å². The van der Waals surface area contributed by atoms with Gasteiger partial charge in [0, 0.05) is 37.4 Å². The number of nitrogens with two attached hydrogens (primary N) is 1. The van der Waals surface area contributed by atoms with Gasteiger partial charge in [0.15, 0.2) is 11.7 Å². The van der Waals surface area contributed by atoms with E-state index in [1.54, 1.807) is 18.3 Å². The third-order valence-electron chi connectivity index (χ3n) is 7.18. The maximum absolute atomic E-state index is 14.6. The van der Waals surface area contributed by atoms with Crippen molar-refractivity contribution in [3.8, 4) is 11.3 Å². The second kappa shape index (κ2) is 6.87. The molecule has 0 saturated carbocycles. The summed E-state index contributed by atoms with van der Waals surface area (Å²) in [6, 6.07) is 8.58. The quantitative estimate of drug-likeness (QED) is 0.516. The average Bonchev–Trinajstić information content (AvgIpc) is 3.46. The first-order valence-electron chi connectivity index (χ1n) is 11.0. The number of piperidine rings is 1. The number of hydrogen-bond acceptors (Lipinski definition) is 6. The van der Waals surface area contributed by atoms with E-state index in [2.05, 4.69) is 15.0 Å². The van der Waals surface area contributed by atoms with Crippen LogP contribution in [-0.4, -0.2) is 32.7 Å². The molecule has 6 rings (SSSR count). The Morgan fingerprint density at radius 3 is 2.66 bits per heavy atom. The van der Waals surface area contributed by atoms with E-state index in [1.165, 1.54) is 6.07 Å². The number of hydrogen-bond donors (Lipinski definition) is 1. The summed E-state index contributed by atoms with van der Waals surface area (Å²) in [5.41, 5.74) is 10.5. The first-order chi connectivity index (χ1) is 15.5. The Kier molecular flexibility index (Phi) is 4.17. The van der Waals surface area contributed by atoms with Crippen LogP contribution in [0.4, 0.5) is 10.2 Å². The van der Waals surface area contributed by atoms with E-state index in [-0.39, 0.29) is 17.3 Å². The molecule has 2 aliphatic rings. The van der Waals surface area contributed by atoms with Gasteiger partial charge in [-0.3, -0.25) is 0 Å². The van der Waals surface area contributed by atoms with Gasteiger partial charge < -0.3 is 15.1 Å². The molecule has 1 aliphatic heterocycles. The van der Waals surface area contributed by atoms with Crippen LogP contribution in [0.3, 0.4) is 0 Å². The second-order valence-electron chi connectivity index (χ2n) is 9.03. The van der Waals surface area contributed by atoms with Crippen molar-refractivity contribution < 1.29 is 8.81 Å². The predicted molar refractivity (Wildman–Crippen MR) is 119 cm³/mol. The van der Waals surface area contributed by atoms with E-state index in [0.29, 0.717) is 17.1 Å². The number of aromatic nitrogens is 4. The fraction of sp³-hybridized carbons (Fsp3) is 0.375. The Bertz CT molecular complexity index is 1330. The number of benzene rings is 1. The zero-order valence-electron chi connectivity index (χ0n) is 18.2. The van der Waals surface area contributed by atoms with E-state index < -0.39 is 0 Å². The minimum Gasteiger partial charge on any atom is -0.444 e. The van der Waals surface area contributed by atoms with Crippen molar-refractivity contribution in [2.24, 2.45) is 11.1 Å². The van der Waals surface area contributed by atoms with Gasteiger partial charge in [0.25, 0.3) is 0 Å². The van der Waals surface area contributed by atoms with Crippen LogP contribution in [0, 0.1) is 25.1 Å². The van der Waals surface area contributed by atoms with Gasteiger partial charge in [-0.15, -0.1) is 0 Å². The Hall–Kier alpha value is -3.26. The van der Waals surface area contributed by atoms with Gasteiger partial charge in [0.05, 0.1) is 29.3 Å². The number of fused-ring (bicyclic) bond motifs is 2. The van der Waals surface area contributed by atoms with Crippen molar-refractivity contribution >= 4 is 11.3 Å². The number of rotatable bonds is 2. The zero-order valence-corrected chi connectivity index (χ0v) is 18.2. The van der Waals surface area contributed by atoms with Crippen molar-refractivity contribution in [3.63, 3.8) is 0 Å². The second-order valence-corrected chi connectivity index (χ2v) is 9.03. The number of halogens is 1. The van der Waals surface area contributed by atoms with Crippen molar-refractivity contribution in [3.05, 3.63) is 65.4 Å². The van der Waals surface area contributed by atoms with Crippen LogP contribution >= 0.6 is 0 Å². The molecule has 0 bridgehead atoms. The van der Waals surface area contributed by atoms with Crippen molar-refractivity contribution in [2.75, 3.05) is 18.0 Å². The van der Waals surface area contributed by atoms with Crippen LogP contribution < -0.4 is 10.6 Å². The van der Waals surface area contributed by atoms with Gasteiger partial charge in [-0.25, -0.2) is 18.9 Å². The molecule has 0 amide bonds. The molecular weight excluding hydrogens is 407 g/mol. The maximum Gasteiger partial charge on any atom is 0.191 e. The van der Waals surface area contributed by atoms with Crippen LogP contribution in [0.5, 0.6) is 0 Å². The molecule has 8 heteroatoms. The molecule has 2 N–H and O–H groups in total. The highest BCUT2D eigenvalue weighted by Gasteiger charge is 2.49. The number of aryl methyl sites for hydroxylation is 2. The van der Waals surface area contributed by atoms with Gasteiger partial charge in [-0.2, -0.15) is 5.10 Å². The minimum atomic E-state index is -0.280. The zero-order chi connectivity index (χ0) is 22.0. The summed E-state index contributed by atoms with van der Waals surface area (Å²) in [5, 5.41) is 4.51. The van der Waals surface area contributed by atoms with Crippen molar-refractivity contribution in [1.82, 2.24) is 19.6 Å². The summed E-state index contributed by atoms with van der Waals surface area (Å²) >= 11 is 0. The Morgan fingerprint density at radius 2 is 1.91 bits per heavy atom. The minimum absolute atomic E-state index is 0.00987. The third kappa shape index (κ3) is 2.72. The summed E-state index contributed by atoms with van der Waals surface area (Å²) in [6.07, 6.45) is 4.49. The largest absolute Gasteiger partial charge is 0.444 e. The SMILES string of the molecule is Cc1nc2c(o1)[C@@H](N)C1(CCN(c3nc(C)c(-c4ccccc4F)n4nccc34)CC1)C2. The molecule has 1 aromatic carbocycles. The summed E-state index contributed by atoms with van der Waals surface area (Å²) in [5.74, 6) is 2.15.